The molecule has 3 aliphatic heterocycles. The van der Waals surface area contributed by atoms with Gasteiger partial charge in [0, 0.05) is 30.6 Å². The molecule has 4 atom stereocenters. The fraction of sp³-hybridized carbons (Fsp3) is 0.389. The monoisotopic (exact) mass is 608 g/mol. The first-order valence-electron chi connectivity index (χ1n) is 15.6. The van der Waals surface area contributed by atoms with Crippen molar-refractivity contribution in [3.05, 3.63) is 101 Å². The Hall–Kier alpha value is -4.66. The number of para-hydroxylation sites is 1. The Balaban J connectivity index is 1.38. The molecule has 0 bridgehead atoms. The third-order valence-electron chi connectivity index (χ3n) is 9.08. The lowest BCUT2D eigenvalue weighted by Gasteiger charge is -2.40. The fourth-order valence-corrected chi connectivity index (χ4v) is 7.04. The van der Waals surface area contributed by atoms with E-state index in [0.29, 0.717) is 31.4 Å². The van der Waals surface area contributed by atoms with Gasteiger partial charge in [0.2, 0.25) is 11.8 Å². The molecule has 0 radical (unpaired) electrons. The highest BCUT2D eigenvalue weighted by atomic mass is 16.5. The van der Waals surface area contributed by atoms with Crippen LogP contribution in [-0.2, 0) is 38.5 Å². The quantitative estimate of drug-likeness (QED) is 0.430. The summed E-state index contributed by atoms with van der Waals surface area (Å²) in [7, 11) is 1.33. The molecule has 0 unspecified atom stereocenters. The molecule has 0 aliphatic carbocycles. The van der Waals surface area contributed by atoms with Crippen molar-refractivity contribution in [3.63, 3.8) is 0 Å². The van der Waals surface area contributed by atoms with Crippen LogP contribution in [0.15, 0.2) is 78.9 Å². The zero-order chi connectivity index (χ0) is 31.9. The summed E-state index contributed by atoms with van der Waals surface area (Å²) in [5, 5.41) is 3.03. The van der Waals surface area contributed by atoms with Gasteiger partial charge in [-0.25, -0.2) is 9.59 Å². The molecule has 0 saturated carbocycles. The van der Waals surface area contributed by atoms with Gasteiger partial charge in [-0.15, -0.1) is 0 Å². The summed E-state index contributed by atoms with van der Waals surface area (Å²) in [4.78, 5) is 61.1. The Bertz CT molecular complexity index is 1620. The van der Waals surface area contributed by atoms with E-state index in [0.717, 1.165) is 22.3 Å². The topological polar surface area (TPSA) is 99.3 Å². The Morgan fingerprint density at radius 3 is 2.04 bits per heavy atom. The lowest BCUT2D eigenvalue weighted by Crippen LogP contribution is -2.59. The molecule has 4 amide bonds. The molecule has 0 aromatic heterocycles. The van der Waals surface area contributed by atoms with Crippen molar-refractivity contribution in [3.8, 4) is 0 Å². The van der Waals surface area contributed by atoms with Crippen molar-refractivity contribution < 1.29 is 23.9 Å². The van der Waals surface area contributed by atoms with Gasteiger partial charge in [-0.3, -0.25) is 14.5 Å². The Morgan fingerprint density at radius 1 is 0.733 bits per heavy atom. The van der Waals surface area contributed by atoms with Gasteiger partial charge in [-0.05, 0) is 61.9 Å². The van der Waals surface area contributed by atoms with Crippen molar-refractivity contribution >= 4 is 29.5 Å². The second-order valence-corrected chi connectivity index (χ2v) is 13.1. The van der Waals surface area contributed by atoms with Gasteiger partial charge >= 0.3 is 12.0 Å². The summed E-state index contributed by atoms with van der Waals surface area (Å²) < 4.78 is 5.15. The average Bonchev–Trinajstić information content (AvgIpc) is 3.65. The predicted molar refractivity (Wildman–Crippen MR) is 170 cm³/mol. The number of amides is 4. The number of esters is 1. The minimum absolute atomic E-state index is 0.248. The van der Waals surface area contributed by atoms with E-state index in [1.165, 1.54) is 7.11 Å². The third kappa shape index (κ3) is 5.79. The number of carbonyl (C=O) groups is 4. The number of anilines is 1. The van der Waals surface area contributed by atoms with E-state index in [1.807, 2.05) is 99.6 Å². The van der Waals surface area contributed by atoms with E-state index < -0.39 is 29.6 Å². The third-order valence-corrected chi connectivity index (χ3v) is 9.08. The number of carbonyl (C=O) groups excluding carboxylic acids is 4. The second kappa shape index (κ2) is 12.0. The highest BCUT2D eigenvalue weighted by Crippen LogP contribution is 2.41. The van der Waals surface area contributed by atoms with Gasteiger partial charge in [0.15, 0.2) is 0 Å². The van der Waals surface area contributed by atoms with Crippen LogP contribution in [0.3, 0.4) is 0 Å². The number of hydrogen-bond acceptors (Lipinski definition) is 5. The summed E-state index contributed by atoms with van der Waals surface area (Å²) in [5.41, 5.74) is 3.97. The molecule has 3 aromatic carbocycles. The molecule has 3 aromatic rings. The van der Waals surface area contributed by atoms with E-state index in [4.69, 9.17) is 4.74 Å². The van der Waals surface area contributed by atoms with E-state index in [-0.39, 0.29) is 30.4 Å². The van der Waals surface area contributed by atoms with E-state index in [2.05, 4.69) is 5.32 Å². The van der Waals surface area contributed by atoms with Gasteiger partial charge in [0.1, 0.15) is 18.1 Å². The van der Waals surface area contributed by atoms with Gasteiger partial charge in [-0.2, -0.15) is 0 Å². The SMILES string of the molecule is COC(=O)[C@H]1Cc2ccccc2CN1C(=O)[C@H]1CC[C@@H](c2ccccc2)N1C(=O)[C@H]1Cc2ccccc2N1C(=O)NC(C)(C)C. The normalized spacial score (nSPS) is 22.4. The second-order valence-electron chi connectivity index (χ2n) is 13.1. The number of methoxy groups -OCH3 is 1. The molecule has 1 saturated heterocycles. The van der Waals surface area contributed by atoms with Gasteiger partial charge < -0.3 is 19.9 Å². The maximum absolute atomic E-state index is 14.9. The lowest BCUT2D eigenvalue weighted by atomic mass is 9.93. The van der Waals surface area contributed by atoms with Crippen molar-refractivity contribution in [2.24, 2.45) is 0 Å². The Morgan fingerprint density at radius 2 is 1.36 bits per heavy atom. The lowest BCUT2D eigenvalue weighted by molar-refractivity contribution is -0.157. The highest BCUT2D eigenvalue weighted by molar-refractivity contribution is 6.04. The van der Waals surface area contributed by atoms with E-state index in [1.54, 1.807) is 14.7 Å². The van der Waals surface area contributed by atoms with Crippen LogP contribution in [0.5, 0.6) is 0 Å². The van der Waals surface area contributed by atoms with Gasteiger partial charge in [0.25, 0.3) is 0 Å². The zero-order valence-corrected chi connectivity index (χ0v) is 26.2. The first-order chi connectivity index (χ1) is 21.6. The van der Waals surface area contributed by atoms with Crippen molar-refractivity contribution in [2.75, 3.05) is 12.0 Å². The number of urea groups is 1. The summed E-state index contributed by atoms with van der Waals surface area (Å²) >= 11 is 0. The molecule has 3 heterocycles. The predicted octanol–water partition coefficient (Wildman–Crippen LogP) is 4.78. The first kappa shape index (κ1) is 30.4. The first-order valence-corrected chi connectivity index (χ1v) is 15.6. The number of benzene rings is 3. The number of likely N-dealkylation sites (tertiary alicyclic amines) is 1. The molecule has 45 heavy (non-hydrogen) atoms. The molecule has 234 valence electrons. The van der Waals surface area contributed by atoms with Crippen molar-refractivity contribution in [2.45, 2.75) is 82.7 Å². The van der Waals surface area contributed by atoms with Crippen LogP contribution in [0.2, 0.25) is 0 Å². The smallest absolute Gasteiger partial charge is 0.328 e. The zero-order valence-electron chi connectivity index (χ0n) is 26.2. The van der Waals surface area contributed by atoms with Crippen LogP contribution in [0, 0.1) is 0 Å². The summed E-state index contributed by atoms with van der Waals surface area (Å²) in [6.07, 6.45) is 1.70. The van der Waals surface area contributed by atoms with Crippen LogP contribution in [0.4, 0.5) is 10.5 Å². The minimum Gasteiger partial charge on any atom is -0.467 e. The fourth-order valence-electron chi connectivity index (χ4n) is 7.04. The van der Waals surface area contributed by atoms with Crippen molar-refractivity contribution in [1.82, 2.24) is 15.1 Å². The number of nitrogens with one attached hydrogen (secondary N) is 1. The summed E-state index contributed by atoms with van der Waals surface area (Å²) in [6.45, 7) is 5.95. The summed E-state index contributed by atoms with van der Waals surface area (Å²) in [5.74, 6) is -1.05. The minimum atomic E-state index is -0.831. The molecule has 0 spiro atoms. The number of fused-ring (bicyclic) bond motifs is 2. The van der Waals surface area contributed by atoms with Crippen LogP contribution < -0.4 is 10.2 Å². The van der Waals surface area contributed by atoms with Gasteiger partial charge in [-0.1, -0.05) is 72.8 Å². The van der Waals surface area contributed by atoms with E-state index in [9.17, 15) is 19.2 Å². The molecular formula is C36H40N4O5. The van der Waals surface area contributed by atoms with Gasteiger partial charge in [0.05, 0.1) is 13.2 Å². The summed E-state index contributed by atoms with van der Waals surface area (Å²) in [6, 6.07) is 21.9. The molecule has 9 heteroatoms. The highest BCUT2D eigenvalue weighted by Gasteiger charge is 2.50. The number of rotatable bonds is 4. The maximum atomic E-state index is 14.9. The Kier molecular flexibility index (Phi) is 8.12. The molecule has 1 N–H and O–H groups in total. The maximum Gasteiger partial charge on any atom is 0.328 e. The molecule has 9 nitrogen and oxygen atoms in total. The van der Waals surface area contributed by atoms with Crippen molar-refractivity contribution in [1.29, 1.82) is 0 Å². The molecule has 1 fully saturated rings. The van der Waals surface area contributed by atoms with Crippen LogP contribution in [0.25, 0.3) is 0 Å². The average molecular weight is 609 g/mol. The van der Waals surface area contributed by atoms with Crippen LogP contribution in [0.1, 0.15) is 61.9 Å². The molecular weight excluding hydrogens is 568 g/mol. The number of hydrogen-bond donors (Lipinski definition) is 1. The standard InChI is InChI=1S/C36H40N4O5/c1-36(2,3)37-35(44)40-27-17-11-10-15-25(27)21-30(40)33(42)39-28(23-12-6-5-7-13-23)18-19-29(39)32(41)38-22-26-16-9-8-14-24(26)20-31(38)34(43)45-4/h5-17,28-31H,18-22H2,1-4H3,(H,37,44)/t28-,29+,30+,31+/m0/s1. The largest absolute Gasteiger partial charge is 0.467 e. The number of nitrogens with zero attached hydrogens (tertiary/aromatic N) is 3. The molecule has 3 aliphatic rings. The van der Waals surface area contributed by atoms with E-state index >= 15 is 0 Å². The number of ether oxygens (including phenoxy) is 1. The Labute approximate surface area is 264 Å². The van der Waals surface area contributed by atoms with Crippen LogP contribution >= 0.6 is 0 Å². The van der Waals surface area contributed by atoms with Crippen LogP contribution in [-0.4, -0.2) is 64.4 Å². The molecule has 6 rings (SSSR count).